The zero-order chi connectivity index (χ0) is 21.2. The summed E-state index contributed by atoms with van der Waals surface area (Å²) in [5.41, 5.74) is 5.29. The molecule has 0 radical (unpaired) electrons. The van der Waals surface area contributed by atoms with Crippen molar-refractivity contribution < 1.29 is 9.59 Å². The van der Waals surface area contributed by atoms with E-state index in [0.717, 1.165) is 55.7 Å². The molecule has 0 unspecified atom stereocenters. The fourth-order valence-electron chi connectivity index (χ4n) is 4.65. The zero-order valence-corrected chi connectivity index (χ0v) is 18.1. The van der Waals surface area contributed by atoms with Crippen LogP contribution in [0.5, 0.6) is 0 Å². The Kier molecular flexibility index (Phi) is 5.55. The van der Waals surface area contributed by atoms with E-state index in [1.165, 1.54) is 11.3 Å². The molecule has 6 heteroatoms. The van der Waals surface area contributed by atoms with Crippen molar-refractivity contribution in [2.45, 2.75) is 12.8 Å². The molecular formula is C25H25N3O2S. The van der Waals surface area contributed by atoms with Crippen molar-refractivity contribution in [1.29, 1.82) is 0 Å². The van der Waals surface area contributed by atoms with Gasteiger partial charge in [0.2, 0.25) is 0 Å². The van der Waals surface area contributed by atoms with Crippen LogP contribution in [0, 0.1) is 11.8 Å². The van der Waals surface area contributed by atoms with Crippen LogP contribution in [0.2, 0.25) is 0 Å². The standard InChI is InChI=1S/C25H25N3O2S/c29-24(21-8-6-19(7-9-21)18-4-2-1-3-5-18)28-14-22(15-28)20-10-12-27(13-11-20)25(30)23-16-31-17-26-23/h1-9,16-17,20,22H,10-15H2. The highest BCUT2D eigenvalue weighted by atomic mass is 32.1. The van der Waals surface area contributed by atoms with Crippen molar-refractivity contribution in [3.05, 3.63) is 76.7 Å². The summed E-state index contributed by atoms with van der Waals surface area (Å²) < 4.78 is 0. The number of carbonyl (C=O) groups excluding carboxylic acids is 2. The third-order valence-electron chi connectivity index (χ3n) is 6.58. The molecule has 0 spiro atoms. The Morgan fingerprint density at radius 1 is 0.806 bits per heavy atom. The van der Waals surface area contributed by atoms with Crippen molar-refractivity contribution in [2.75, 3.05) is 26.2 Å². The topological polar surface area (TPSA) is 53.5 Å². The lowest BCUT2D eigenvalue weighted by Crippen LogP contribution is -2.54. The zero-order valence-electron chi connectivity index (χ0n) is 17.3. The van der Waals surface area contributed by atoms with Gasteiger partial charge in [-0.15, -0.1) is 11.3 Å². The second-order valence-corrected chi connectivity index (χ2v) is 9.14. The van der Waals surface area contributed by atoms with Crippen molar-refractivity contribution in [3.63, 3.8) is 0 Å². The maximum atomic E-state index is 12.8. The van der Waals surface area contributed by atoms with Crippen molar-refractivity contribution in [1.82, 2.24) is 14.8 Å². The van der Waals surface area contributed by atoms with E-state index in [0.29, 0.717) is 17.5 Å². The third-order valence-corrected chi connectivity index (χ3v) is 7.17. The third kappa shape index (κ3) is 4.12. The maximum Gasteiger partial charge on any atom is 0.273 e. The smallest absolute Gasteiger partial charge is 0.273 e. The predicted octanol–water partition coefficient (Wildman–Crippen LogP) is 4.43. The van der Waals surface area contributed by atoms with Crippen molar-refractivity contribution >= 4 is 23.2 Å². The molecule has 3 aromatic rings. The lowest BCUT2D eigenvalue weighted by molar-refractivity contribution is 0.0227. The number of amides is 2. The van der Waals surface area contributed by atoms with E-state index in [9.17, 15) is 9.59 Å². The van der Waals surface area contributed by atoms with Gasteiger partial charge in [-0.1, -0.05) is 42.5 Å². The average molecular weight is 432 g/mol. The molecule has 31 heavy (non-hydrogen) atoms. The Balaban J connectivity index is 1.12. The molecule has 2 amide bonds. The number of likely N-dealkylation sites (tertiary alicyclic amines) is 2. The highest BCUT2D eigenvalue weighted by molar-refractivity contribution is 7.07. The SMILES string of the molecule is O=C(c1ccc(-c2ccccc2)cc1)N1CC(C2CCN(C(=O)c3cscn3)CC2)C1. The molecule has 2 saturated heterocycles. The van der Waals surface area contributed by atoms with Gasteiger partial charge >= 0.3 is 0 Å². The summed E-state index contributed by atoms with van der Waals surface area (Å²) in [6.45, 7) is 3.22. The Morgan fingerprint density at radius 2 is 1.48 bits per heavy atom. The van der Waals surface area contributed by atoms with E-state index in [1.807, 2.05) is 57.6 Å². The second kappa shape index (κ2) is 8.63. The van der Waals surface area contributed by atoms with Crippen LogP contribution in [-0.2, 0) is 0 Å². The minimum atomic E-state index is 0.0454. The molecule has 0 saturated carbocycles. The molecule has 0 N–H and O–H groups in total. The van der Waals surface area contributed by atoms with E-state index in [1.54, 1.807) is 5.51 Å². The largest absolute Gasteiger partial charge is 0.338 e. The number of benzene rings is 2. The van der Waals surface area contributed by atoms with Gasteiger partial charge in [0.15, 0.2) is 0 Å². The molecule has 2 aromatic carbocycles. The summed E-state index contributed by atoms with van der Waals surface area (Å²) in [6.07, 6.45) is 2.02. The van der Waals surface area contributed by atoms with Gasteiger partial charge in [-0.2, -0.15) is 0 Å². The van der Waals surface area contributed by atoms with Gasteiger partial charge in [0.05, 0.1) is 5.51 Å². The number of nitrogens with zero attached hydrogens (tertiary/aromatic N) is 3. The molecule has 158 valence electrons. The van der Waals surface area contributed by atoms with Crippen LogP contribution in [0.25, 0.3) is 11.1 Å². The number of carbonyl (C=O) groups is 2. The van der Waals surface area contributed by atoms with Crippen molar-refractivity contribution in [2.24, 2.45) is 11.8 Å². The lowest BCUT2D eigenvalue weighted by atomic mass is 9.79. The molecule has 3 heterocycles. The molecule has 2 aliphatic rings. The molecule has 0 atom stereocenters. The van der Waals surface area contributed by atoms with E-state index in [2.05, 4.69) is 17.1 Å². The van der Waals surface area contributed by atoms with Gasteiger partial charge in [0, 0.05) is 37.1 Å². The van der Waals surface area contributed by atoms with Gasteiger partial charge in [-0.05, 0) is 47.9 Å². The number of piperidine rings is 1. The van der Waals surface area contributed by atoms with Crippen LogP contribution in [0.1, 0.15) is 33.7 Å². The lowest BCUT2D eigenvalue weighted by Gasteiger charge is -2.46. The maximum absolute atomic E-state index is 12.8. The normalized spacial score (nSPS) is 17.4. The number of aromatic nitrogens is 1. The minimum absolute atomic E-state index is 0.0454. The number of hydrogen-bond donors (Lipinski definition) is 0. The first-order valence-electron chi connectivity index (χ1n) is 10.8. The summed E-state index contributed by atoms with van der Waals surface area (Å²) in [5.74, 6) is 1.30. The molecular weight excluding hydrogens is 406 g/mol. The quantitative estimate of drug-likeness (QED) is 0.614. The second-order valence-electron chi connectivity index (χ2n) is 8.42. The number of rotatable bonds is 4. The van der Waals surface area contributed by atoms with Gasteiger partial charge in [-0.25, -0.2) is 4.98 Å². The molecule has 2 aliphatic heterocycles. The van der Waals surface area contributed by atoms with E-state index in [-0.39, 0.29) is 11.8 Å². The van der Waals surface area contributed by atoms with Crippen LogP contribution < -0.4 is 0 Å². The summed E-state index contributed by atoms with van der Waals surface area (Å²) in [4.78, 5) is 33.3. The summed E-state index contributed by atoms with van der Waals surface area (Å²) in [6, 6.07) is 18.1. The van der Waals surface area contributed by atoms with Gasteiger partial charge < -0.3 is 9.80 Å². The van der Waals surface area contributed by atoms with Gasteiger partial charge in [-0.3, -0.25) is 9.59 Å². The Bertz CT molecular complexity index is 1040. The summed E-state index contributed by atoms with van der Waals surface area (Å²) in [7, 11) is 0. The molecule has 0 aliphatic carbocycles. The van der Waals surface area contributed by atoms with Crippen LogP contribution in [0.4, 0.5) is 0 Å². The predicted molar refractivity (Wildman–Crippen MR) is 122 cm³/mol. The van der Waals surface area contributed by atoms with E-state index >= 15 is 0 Å². The highest BCUT2D eigenvalue weighted by Crippen LogP contribution is 2.33. The van der Waals surface area contributed by atoms with Crippen LogP contribution in [-0.4, -0.2) is 52.8 Å². The number of thiazole rings is 1. The fraction of sp³-hybridized carbons (Fsp3) is 0.320. The summed E-state index contributed by atoms with van der Waals surface area (Å²) in [5, 5.41) is 1.82. The fourth-order valence-corrected chi connectivity index (χ4v) is 5.18. The average Bonchev–Trinajstić information content (AvgIpc) is 3.34. The van der Waals surface area contributed by atoms with Crippen LogP contribution >= 0.6 is 11.3 Å². The van der Waals surface area contributed by atoms with Crippen molar-refractivity contribution in [3.8, 4) is 11.1 Å². The minimum Gasteiger partial charge on any atom is -0.338 e. The first-order chi connectivity index (χ1) is 15.2. The number of hydrogen-bond acceptors (Lipinski definition) is 4. The van der Waals surface area contributed by atoms with E-state index in [4.69, 9.17) is 0 Å². The van der Waals surface area contributed by atoms with Crippen LogP contribution in [0.3, 0.4) is 0 Å². The van der Waals surface area contributed by atoms with E-state index < -0.39 is 0 Å². The molecule has 1 aromatic heterocycles. The molecule has 2 fully saturated rings. The van der Waals surface area contributed by atoms with Crippen LogP contribution in [0.15, 0.2) is 65.5 Å². The monoisotopic (exact) mass is 431 g/mol. The molecule has 0 bridgehead atoms. The Morgan fingerprint density at radius 3 is 2.13 bits per heavy atom. The van der Waals surface area contributed by atoms with Gasteiger partial charge in [0.1, 0.15) is 5.69 Å². The first-order valence-corrected chi connectivity index (χ1v) is 11.8. The molecule has 5 rings (SSSR count). The molecule has 5 nitrogen and oxygen atoms in total. The first kappa shape index (κ1) is 19.9. The van der Waals surface area contributed by atoms with Gasteiger partial charge in [0.25, 0.3) is 11.8 Å². The Hall–Kier alpha value is -2.99. The highest BCUT2D eigenvalue weighted by Gasteiger charge is 2.38. The Labute approximate surface area is 186 Å². The summed E-state index contributed by atoms with van der Waals surface area (Å²) >= 11 is 1.45.